The fourth-order valence-corrected chi connectivity index (χ4v) is 2.57. The molecule has 0 saturated carbocycles. The zero-order valence-electron chi connectivity index (χ0n) is 8.89. The third kappa shape index (κ3) is 2.28. The van der Waals surface area contributed by atoms with Gasteiger partial charge in [-0.15, -0.1) is 22.7 Å². The van der Waals surface area contributed by atoms with E-state index in [2.05, 4.69) is 9.97 Å². The Morgan fingerprint density at radius 3 is 2.81 bits per heavy atom. The van der Waals surface area contributed by atoms with Gasteiger partial charge in [-0.25, -0.2) is 14.8 Å². The summed E-state index contributed by atoms with van der Waals surface area (Å²) >= 11 is 2.97. The predicted molar refractivity (Wildman–Crippen MR) is 63.9 cm³/mol. The molecule has 0 N–H and O–H groups in total. The number of aromatic nitrogens is 2. The molecule has 84 valence electrons. The summed E-state index contributed by atoms with van der Waals surface area (Å²) in [6.45, 7) is 4.07. The first-order valence-electron chi connectivity index (χ1n) is 4.76. The van der Waals surface area contributed by atoms with Crippen LogP contribution in [0.15, 0.2) is 10.8 Å². The van der Waals surface area contributed by atoms with Gasteiger partial charge >= 0.3 is 5.97 Å². The summed E-state index contributed by atoms with van der Waals surface area (Å²) in [5.41, 5.74) is 1.18. The maximum Gasteiger partial charge on any atom is 0.357 e. The monoisotopic (exact) mass is 254 g/mol. The third-order valence-corrected chi connectivity index (χ3v) is 3.47. The molecule has 0 atom stereocenters. The van der Waals surface area contributed by atoms with Crippen LogP contribution in [0.25, 0.3) is 10.7 Å². The van der Waals surface area contributed by atoms with Crippen molar-refractivity contribution in [3.63, 3.8) is 0 Å². The van der Waals surface area contributed by atoms with E-state index in [1.807, 2.05) is 12.3 Å². The highest BCUT2D eigenvalue weighted by molar-refractivity contribution is 7.14. The van der Waals surface area contributed by atoms with Crippen LogP contribution in [0.5, 0.6) is 0 Å². The van der Waals surface area contributed by atoms with E-state index in [4.69, 9.17) is 4.74 Å². The third-order valence-electron chi connectivity index (χ3n) is 1.83. The molecule has 0 amide bonds. The quantitative estimate of drug-likeness (QED) is 0.790. The molecule has 16 heavy (non-hydrogen) atoms. The highest BCUT2D eigenvalue weighted by Gasteiger charge is 2.13. The minimum atomic E-state index is -0.378. The number of carbonyl (C=O) groups excluding carboxylic acids is 1. The van der Waals surface area contributed by atoms with Gasteiger partial charge in [0, 0.05) is 10.8 Å². The Morgan fingerprint density at radius 1 is 1.38 bits per heavy atom. The lowest BCUT2D eigenvalue weighted by atomic mass is 10.5. The van der Waals surface area contributed by atoms with Crippen LogP contribution in [0.3, 0.4) is 0 Å². The number of aryl methyl sites for hydroxylation is 1. The largest absolute Gasteiger partial charge is 0.461 e. The number of carbonyl (C=O) groups is 1. The van der Waals surface area contributed by atoms with Gasteiger partial charge in [0.15, 0.2) is 5.69 Å². The van der Waals surface area contributed by atoms with Crippen molar-refractivity contribution in [2.45, 2.75) is 13.8 Å². The second kappa shape index (κ2) is 4.71. The van der Waals surface area contributed by atoms with E-state index >= 15 is 0 Å². The van der Waals surface area contributed by atoms with E-state index in [1.165, 1.54) is 11.3 Å². The second-order valence-electron chi connectivity index (χ2n) is 3.01. The number of esters is 1. The van der Waals surface area contributed by atoms with Crippen LogP contribution in [-0.2, 0) is 4.74 Å². The fraction of sp³-hybridized carbons (Fsp3) is 0.300. The molecule has 0 aromatic carbocycles. The molecule has 0 aliphatic carbocycles. The number of thiazole rings is 2. The SMILES string of the molecule is CCOC(=O)c1csc(-c2csc(C)n2)n1. The second-order valence-corrected chi connectivity index (χ2v) is 4.93. The van der Waals surface area contributed by atoms with Crippen LogP contribution in [-0.4, -0.2) is 22.5 Å². The number of ether oxygens (including phenoxy) is 1. The summed E-state index contributed by atoms with van der Waals surface area (Å²) in [6, 6.07) is 0. The van der Waals surface area contributed by atoms with Crippen LogP contribution in [0.1, 0.15) is 22.4 Å². The van der Waals surface area contributed by atoms with Crippen LogP contribution in [0.2, 0.25) is 0 Å². The van der Waals surface area contributed by atoms with E-state index in [0.717, 1.165) is 15.7 Å². The topological polar surface area (TPSA) is 52.1 Å². The Balaban J connectivity index is 2.22. The van der Waals surface area contributed by atoms with Gasteiger partial charge in [0.25, 0.3) is 0 Å². The molecule has 2 aromatic heterocycles. The summed E-state index contributed by atoms with van der Waals surface area (Å²) in [5, 5.41) is 5.38. The lowest BCUT2D eigenvalue weighted by Crippen LogP contribution is -2.04. The summed E-state index contributed by atoms with van der Waals surface area (Å²) < 4.78 is 4.87. The number of hydrogen-bond donors (Lipinski definition) is 0. The number of rotatable bonds is 3. The van der Waals surface area contributed by atoms with Crippen molar-refractivity contribution in [3.8, 4) is 10.7 Å². The van der Waals surface area contributed by atoms with Crippen molar-refractivity contribution in [3.05, 3.63) is 21.5 Å². The molecule has 0 fully saturated rings. The molecule has 4 nitrogen and oxygen atoms in total. The van der Waals surface area contributed by atoms with Gasteiger partial charge in [-0.1, -0.05) is 0 Å². The van der Waals surface area contributed by atoms with E-state index < -0.39 is 0 Å². The average Bonchev–Trinajstić information content (AvgIpc) is 2.85. The molecular weight excluding hydrogens is 244 g/mol. The van der Waals surface area contributed by atoms with Crippen LogP contribution >= 0.6 is 22.7 Å². The summed E-state index contributed by atoms with van der Waals surface area (Å²) in [7, 11) is 0. The molecule has 0 saturated heterocycles. The van der Waals surface area contributed by atoms with Gasteiger partial charge in [-0.3, -0.25) is 0 Å². The minimum absolute atomic E-state index is 0.354. The molecule has 0 bridgehead atoms. The highest BCUT2D eigenvalue weighted by atomic mass is 32.1. The summed E-state index contributed by atoms with van der Waals surface area (Å²) in [6.07, 6.45) is 0. The Kier molecular flexibility index (Phi) is 3.31. The Hall–Kier alpha value is -1.27. The molecular formula is C10H10N2O2S2. The molecule has 0 unspecified atom stereocenters. The van der Waals surface area contributed by atoms with Crippen molar-refractivity contribution in [1.82, 2.24) is 9.97 Å². The Morgan fingerprint density at radius 2 is 2.19 bits per heavy atom. The van der Waals surface area contributed by atoms with Gasteiger partial charge in [0.05, 0.1) is 11.6 Å². The molecule has 2 heterocycles. The van der Waals surface area contributed by atoms with Crippen molar-refractivity contribution >= 4 is 28.6 Å². The predicted octanol–water partition coefficient (Wildman–Crippen LogP) is 2.75. The van der Waals surface area contributed by atoms with Crippen molar-refractivity contribution < 1.29 is 9.53 Å². The molecule has 0 radical (unpaired) electrons. The van der Waals surface area contributed by atoms with Gasteiger partial charge in [0.1, 0.15) is 10.7 Å². The molecule has 2 aromatic rings. The van der Waals surface area contributed by atoms with Gasteiger partial charge < -0.3 is 4.74 Å². The van der Waals surface area contributed by atoms with Crippen LogP contribution in [0, 0.1) is 6.92 Å². The first kappa shape index (κ1) is 11.2. The molecule has 6 heteroatoms. The van der Waals surface area contributed by atoms with Crippen LogP contribution < -0.4 is 0 Å². The van der Waals surface area contributed by atoms with E-state index in [0.29, 0.717) is 12.3 Å². The van der Waals surface area contributed by atoms with Crippen molar-refractivity contribution in [1.29, 1.82) is 0 Å². The summed E-state index contributed by atoms with van der Waals surface area (Å²) in [4.78, 5) is 19.9. The maximum absolute atomic E-state index is 11.4. The van der Waals surface area contributed by atoms with Gasteiger partial charge in [-0.2, -0.15) is 0 Å². The standard InChI is InChI=1S/C10H10N2O2S2/c1-3-14-10(13)8-5-16-9(12-8)7-4-15-6(2)11-7/h4-5H,3H2,1-2H3. The lowest BCUT2D eigenvalue weighted by Gasteiger charge is -1.95. The first-order chi connectivity index (χ1) is 7.70. The van der Waals surface area contributed by atoms with E-state index in [9.17, 15) is 4.79 Å². The minimum Gasteiger partial charge on any atom is -0.461 e. The van der Waals surface area contributed by atoms with Crippen molar-refractivity contribution in [2.75, 3.05) is 6.61 Å². The average molecular weight is 254 g/mol. The van der Waals surface area contributed by atoms with Gasteiger partial charge in [-0.05, 0) is 13.8 Å². The molecule has 0 aliphatic rings. The van der Waals surface area contributed by atoms with Crippen molar-refractivity contribution in [2.24, 2.45) is 0 Å². The fourth-order valence-electron chi connectivity index (χ4n) is 1.15. The lowest BCUT2D eigenvalue weighted by molar-refractivity contribution is 0.0520. The van der Waals surface area contributed by atoms with E-state index in [1.54, 1.807) is 23.6 Å². The molecule has 0 aliphatic heterocycles. The number of hydrogen-bond acceptors (Lipinski definition) is 6. The highest BCUT2D eigenvalue weighted by Crippen LogP contribution is 2.25. The van der Waals surface area contributed by atoms with E-state index in [-0.39, 0.29) is 5.97 Å². The Bertz CT molecular complexity index is 504. The molecule has 0 spiro atoms. The van der Waals surface area contributed by atoms with Gasteiger partial charge in [0.2, 0.25) is 0 Å². The molecule has 2 rings (SSSR count). The Labute approximate surface area is 101 Å². The maximum atomic E-state index is 11.4. The zero-order chi connectivity index (χ0) is 11.5. The smallest absolute Gasteiger partial charge is 0.357 e. The first-order valence-corrected chi connectivity index (χ1v) is 6.51. The number of nitrogens with zero attached hydrogens (tertiary/aromatic N) is 2. The zero-order valence-corrected chi connectivity index (χ0v) is 10.5. The normalized spacial score (nSPS) is 10.4. The van der Waals surface area contributed by atoms with Crippen LogP contribution in [0.4, 0.5) is 0 Å². The summed E-state index contributed by atoms with van der Waals surface area (Å²) in [5.74, 6) is -0.378.